The summed E-state index contributed by atoms with van der Waals surface area (Å²) in [4.78, 5) is 33.2. The third-order valence-electron chi connectivity index (χ3n) is 4.31. The van der Waals surface area contributed by atoms with Crippen LogP contribution in [0.25, 0.3) is 0 Å². The molecule has 0 atom stereocenters. The van der Waals surface area contributed by atoms with Crippen molar-refractivity contribution in [2.75, 3.05) is 38.5 Å². The van der Waals surface area contributed by atoms with Crippen LogP contribution in [0.3, 0.4) is 0 Å². The molecule has 1 aliphatic heterocycles. The Kier molecular flexibility index (Phi) is 5.40. The van der Waals surface area contributed by atoms with Crippen LogP contribution in [0.4, 0.5) is 5.69 Å². The van der Waals surface area contributed by atoms with Crippen LogP contribution >= 0.6 is 0 Å². The second kappa shape index (κ2) is 7.90. The number of hydrogen-bond donors (Lipinski definition) is 1. The van der Waals surface area contributed by atoms with E-state index in [9.17, 15) is 9.59 Å². The van der Waals surface area contributed by atoms with Gasteiger partial charge in [-0.15, -0.1) is 0 Å². The van der Waals surface area contributed by atoms with Crippen LogP contribution < -0.4 is 5.32 Å². The number of anilines is 1. The fourth-order valence-corrected chi connectivity index (χ4v) is 2.84. The number of rotatable bonds is 4. The van der Waals surface area contributed by atoms with E-state index in [4.69, 9.17) is 0 Å². The molecule has 1 aliphatic rings. The van der Waals surface area contributed by atoms with Gasteiger partial charge in [-0.3, -0.25) is 14.6 Å². The van der Waals surface area contributed by atoms with Gasteiger partial charge in [0.05, 0.1) is 17.7 Å². The van der Waals surface area contributed by atoms with E-state index >= 15 is 0 Å². The second-order valence-electron chi connectivity index (χ2n) is 6.23. The molecule has 25 heavy (non-hydrogen) atoms. The number of hydrogen-bond acceptors (Lipinski definition) is 4. The minimum atomic E-state index is -0.161. The number of carbonyl (C=O) groups excluding carboxylic acids is 2. The highest BCUT2D eigenvalue weighted by Crippen LogP contribution is 2.18. The summed E-state index contributed by atoms with van der Waals surface area (Å²) in [5.74, 6) is -0.197. The van der Waals surface area contributed by atoms with E-state index in [0.717, 1.165) is 18.7 Å². The van der Waals surface area contributed by atoms with Crippen molar-refractivity contribution >= 4 is 17.5 Å². The van der Waals surface area contributed by atoms with E-state index in [1.165, 1.54) is 0 Å². The van der Waals surface area contributed by atoms with E-state index in [1.807, 2.05) is 23.1 Å². The first-order valence-corrected chi connectivity index (χ1v) is 8.39. The molecule has 0 saturated carbocycles. The van der Waals surface area contributed by atoms with Gasteiger partial charge in [0.15, 0.2) is 0 Å². The summed E-state index contributed by atoms with van der Waals surface area (Å²) in [6.45, 7) is 3.13. The maximum atomic E-state index is 12.8. The topological polar surface area (TPSA) is 65.5 Å². The molecule has 1 saturated heterocycles. The monoisotopic (exact) mass is 338 g/mol. The molecule has 1 aromatic heterocycles. The van der Waals surface area contributed by atoms with Crippen LogP contribution in [0.5, 0.6) is 0 Å². The van der Waals surface area contributed by atoms with Crippen molar-refractivity contribution < 1.29 is 9.59 Å². The van der Waals surface area contributed by atoms with Crippen LogP contribution in [-0.2, 0) is 11.2 Å². The number of nitrogens with one attached hydrogen (secondary N) is 1. The Morgan fingerprint density at radius 2 is 1.84 bits per heavy atom. The van der Waals surface area contributed by atoms with Gasteiger partial charge in [0, 0.05) is 38.6 Å². The number of benzene rings is 1. The lowest BCUT2D eigenvalue weighted by Gasteiger charge is -2.32. The average molecular weight is 338 g/mol. The molecule has 6 heteroatoms. The molecule has 1 aromatic carbocycles. The Balaban J connectivity index is 1.70. The van der Waals surface area contributed by atoms with Crippen LogP contribution in [0.2, 0.25) is 0 Å². The standard InChI is InChI=1S/C19H22N4O2/c1-22-9-11-23(12-10-22)19(25)16-6-2-3-7-17(16)21-18(24)13-15-5-4-8-20-14-15/h2-8,14H,9-13H2,1H3,(H,21,24). The van der Waals surface area contributed by atoms with Crippen LogP contribution in [-0.4, -0.2) is 59.8 Å². The van der Waals surface area contributed by atoms with E-state index in [1.54, 1.807) is 30.6 Å². The molecule has 3 rings (SSSR count). The van der Waals surface area contributed by atoms with Gasteiger partial charge < -0.3 is 15.1 Å². The van der Waals surface area contributed by atoms with Crippen molar-refractivity contribution in [1.82, 2.24) is 14.8 Å². The zero-order chi connectivity index (χ0) is 17.6. The lowest BCUT2D eigenvalue weighted by molar-refractivity contribution is -0.115. The molecule has 130 valence electrons. The normalized spacial score (nSPS) is 15.0. The summed E-state index contributed by atoms with van der Waals surface area (Å²) in [5, 5.41) is 2.86. The third-order valence-corrected chi connectivity index (χ3v) is 4.31. The van der Waals surface area contributed by atoms with Gasteiger partial charge in [-0.2, -0.15) is 0 Å². The van der Waals surface area contributed by atoms with Crippen molar-refractivity contribution in [3.05, 3.63) is 59.9 Å². The fourth-order valence-electron chi connectivity index (χ4n) is 2.84. The average Bonchev–Trinajstić information content (AvgIpc) is 2.63. The van der Waals surface area contributed by atoms with Gasteiger partial charge in [0.25, 0.3) is 5.91 Å². The first-order valence-electron chi connectivity index (χ1n) is 8.39. The minimum absolute atomic E-state index is 0.0367. The summed E-state index contributed by atoms with van der Waals surface area (Å²) in [7, 11) is 2.05. The lowest BCUT2D eigenvalue weighted by Crippen LogP contribution is -2.47. The van der Waals surface area contributed by atoms with Gasteiger partial charge in [-0.25, -0.2) is 0 Å². The van der Waals surface area contributed by atoms with Crippen molar-refractivity contribution in [3.63, 3.8) is 0 Å². The maximum absolute atomic E-state index is 12.8. The summed E-state index contributed by atoms with van der Waals surface area (Å²) in [6, 6.07) is 10.8. The smallest absolute Gasteiger partial charge is 0.256 e. The van der Waals surface area contributed by atoms with Crippen molar-refractivity contribution in [1.29, 1.82) is 0 Å². The molecule has 0 spiro atoms. The van der Waals surface area contributed by atoms with E-state index in [0.29, 0.717) is 24.3 Å². The molecule has 1 N–H and O–H groups in total. The molecule has 2 amide bonds. The van der Waals surface area contributed by atoms with Gasteiger partial charge >= 0.3 is 0 Å². The number of pyridine rings is 1. The Morgan fingerprint density at radius 1 is 1.08 bits per heavy atom. The number of aromatic nitrogens is 1. The van der Waals surface area contributed by atoms with E-state index in [2.05, 4.69) is 22.2 Å². The zero-order valence-corrected chi connectivity index (χ0v) is 14.3. The molecular formula is C19H22N4O2. The van der Waals surface area contributed by atoms with Gasteiger partial charge in [0.2, 0.25) is 5.91 Å². The largest absolute Gasteiger partial charge is 0.336 e. The minimum Gasteiger partial charge on any atom is -0.336 e. The number of carbonyl (C=O) groups is 2. The quantitative estimate of drug-likeness (QED) is 0.921. The molecule has 6 nitrogen and oxygen atoms in total. The molecular weight excluding hydrogens is 316 g/mol. The third kappa shape index (κ3) is 4.42. The van der Waals surface area contributed by atoms with Crippen LogP contribution in [0, 0.1) is 0 Å². The SMILES string of the molecule is CN1CCN(C(=O)c2ccccc2NC(=O)Cc2cccnc2)CC1. The summed E-state index contributed by atoms with van der Waals surface area (Å²) in [5.41, 5.74) is 1.93. The summed E-state index contributed by atoms with van der Waals surface area (Å²) in [6.07, 6.45) is 3.57. The maximum Gasteiger partial charge on any atom is 0.256 e. The van der Waals surface area contributed by atoms with Gasteiger partial charge in [0.1, 0.15) is 0 Å². The fraction of sp³-hybridized carbons (Fsp3) is 0.316. The Bertz CT molecular complexity index is 740. The highest BCUT2D eigenvalue weighted by Gasteiger charge is 2.22. The van der Waals surface area contributed by atoms with Crippen LogP contribution in [0.1, 0.15) is 15.9 Å². The van der Waals surface area contributed by atoms with E-state index in [-0.39, 0.29) is 18.2 Å². The Hall–Kier alpha value is -2.73. The van der Waals surface area contributed by atoms with Crippen molar-refractivity contribution in [2.24, 2.45) is 0 Å². The van der Waals surface area contributed by atoms with Crippen molar-refractivity contribution in [2.45, 2.75) is 6.42 Å². The predicted molar refractivity (Wildman–Crippen MR) is 96.4 cm³/mol. The molecule has 0 unspecified atom stereocenters. The second-order valence-corrected chi connectivity index (χ2v) is 6.23. The number of amides is 2. The highest BCUT2D eigenvalue weighted by molar-refractivity contribution is 6.04. The van der Waals surface area contributed by atoms with Crippen LogP contribution in [0.15, 0.2) is 48.8 Å². The first-order chi connectivity index (χ1) is 12.1. The molecule has 2 aromatic rings. The number of likely N-dealkylation sites (N-methyl/N-ethyl adjacent to an activating group) is 1. The Morgan fingerprint density at radius 3 is 2.56 bits per heavy atom. The number of piperazine rings is 1. The molecule has 0 radical (unpaired) electrons. The Labute approximate surface area is 147 Å². The summed E-state index contributed by atoms with van der Waals surface area (Å²) >= 11 is 0. The highest BCUT2D eigenvalue weighted by atomic mass is 16.2. The zero-order valence-electron chi connectivity index (χ0n) is 14.3. The molecule has 1 fully saturated rings. The molecule has 2 heterocycles. The number of nitrogens with zero attached hydrogens (tertiary/aromatic N) is 3. The molecule has 0 bridgehead atoms. The number of para-hydroxylation sites is 1. The van der Waals surface area contributed by atoms with Gasteiger partial charge in [-0.1, -0.05) is 18.2 Å². The van der Waals surface area contributed by atoms with Gasteiger partial charge in [-0.05, 0) is 30.8 Å². The first kappa shape index (κ1) is 17.1. The predicted octanol–water partition coefficient (Wildman–Crippen LogP) is 1.65. The summed E-state index contributed by atoms with van der Waals surface area (Å²) < 4.78 is 0. The molecule has 0 aliphatic carbocycles. The van der Waals surface area contributed by atoms with Crippen molar-refractivity contribution in [3.8, 4) is 0 Å². The van der Waals surface area contributed by atoms with E-state index < -0.39 is 0 Å². The lowest BCUT2D eigenvalue weighted by atomic mass is 10.1.